The van der Waals surface area contributed by atoms with Crippen LogP contribution < -0.4 is 5.32 Å². The van der Waals surface area contributed by atoms with Gasteiger partial charge in [0.25, 0.3) is 0 Å². The molecule has 4 rings (SSSR count). The Morgan fingerprint density at radius 2 is 1.72 bits per heavy atom. The zero-order valence-electron chi connectivity index (χ0n) is 18.2. The van der Waals surface area contributed by atoms with Gasteiger partial charge in [-0.2, -0.15) is 5.10 Å². The number of nitrogens with zero attached hydrogens (tertiary/aromatic N) is 2. The van der Waals surface area contributed by atoms with E-state index in [9.17, 15) is 4.79 Å². The van der Waals surface area contributed by atoms with Gasteiger partial charge in [-0.3, -0.25) is 0 Å². The van der Waals surface area contributed by atoms with Crippen molar-refractivity contribution in [3.8, 4) is 0 Å². The molecule has 29 heavy (non-hydrogen) atoms. The van der Waals surface area contributed by atoms with E-state index in [0.29, 0.717) is 10.9 Å². The molecule has 2 saturated carbocycles. The van der Waals surface area contributed by atoms with Crippen LogP contribution in [0.15, 0.2) is 23.3 Å². The van der Waals surface area contributed by atoms with E-state index >= 15 is 0 Å². The summed E-state index contributed by atoms with van der Waals surface area (Å²) in [6.07, 6.45) is 9.17. The third-order valence-corrected chi connectivity index (χ3v) is 7.03. The number of anilines is 1. The number of carbonyl (C=O) groups is 1. The summed E-state index contributed by atoms with van der Waals surface area (Å²) in [5, 5.41) is 10.6. The first kappa shape index (κ1) is 20.7. The Hall–Kier alpha value is -1.55. The third-order valence-electron chi connectivity index (χ3n) is 6.79. The van der Waals surface area contributed by atoms with Crippen molar-refractivity contribution in [1.29, 1.82) is 0 Å². The Kier molecular flexibility index (Phi) is 5.43. The molecule has 0 radical (unpaired) electrons. The van der Waals surface area contributed by atoms with Crippen molar-refractivity contribution in [3.05, 3.63) is 28.8 Å². The zero-order chi connectivity index (χ0) is 20.8. The van der Waals surface area contributed by atoms with Gasteiger partial charge < -0.3 is 5.32 Å². The lowest BCUT2D eigenvalue weighted by Gasteiger charge is -2.47. The lowest BCUT2D eigenvalue weighted by atomic mass is 9.63. The molecule has 4 nitrogen and oxygen atoms in total. The first-order valence-corrected chi connectivity index (χ1v) is 11.5. The number of carbonyl (C=O) groups excluding carboxylic acids is 1. The maximum absolute atomic E-state index is 13.3. The van der Waals surface area contributed by atoms with Gasteiger partial charge in [-0.05, 0) is 61.1 Å². The molecule has 1 aliphatic heterocycles. The molecule has 0 bridgehead atoms. The summed E-state index contributed by atoms with van der Waals surface area (Å²) >= 11 is 6.27. The maximum Gasteiger partial charge on any atom is 0.342 e. The van der Waals surface area contributed by atoms with Crippen LogP contribution in [-0.4, -0.2) is 22.8 Å². The first-order valence-electron chi connectivity index (χ1n) is 11.1. The summed E-state index contributed by atoms with van der Waals surface area (Å²) < 4.78 is 0. The summed E-state index contributed by atoms with van der Waals surface area (Å²) in [6.45, 7) is 9.27. The minimum atomic E-state index is -0.127. The van der Waals surface area contributed by atoms with E-state index < -0.39 is 0 Å². The average molecular weight is 416 g/mol. The molecule has 158 valence electrons. The standard InChI is InChI=1S/C24H34ClN3O/c1-23(2)13-18(14-24(3,4)15-23)28-22(29)26-20-12-17(25)10-11-19(20)21(27-28)16-8-6-5-7-9-16/h10-12,16,18H,5-9,13-15H2,1-4H3,(H,26,29). The highest BCUT2D eigenvalue weighted by Crippen LogP contribution is 2.47. The van der Waals surface area contributed by atoms with Crippen LogP contribution in [0.25, 0.3) is 0 Å². The number of rotatable bonds is 2. The van der Waals surface area contributed by atoms with E-state index in [2.05, 4.69) is 33.0 Å². The number of halogens is 1. The molecule has 0 atom stereocenters. The molecule has 1 heterocycles. The summed E-state index contributed by atoms with van der Waals surface area (Å²) in [7, 11) is 0. The van der Waals surface area contributed by atoms with E-state index in [0.717, 1.165) is 42.6 Å². The largest absolute Gasteiger partial charge is 0.342 e. The van der Waals surface area contributed by atoms with Crippen LogP contribution in [0, 0.1) is 16.7 Å². The monoisotopic (exact) mass is 415 g/mol. The second-order valence-corrected chi connectivity index (χ2v) is 11.3. The molecule has 5 heteroatoms. The van der Waals surface area contributed by atoms with Crippen LogP contribution in [0.5, 0.6) is 0 Å². The molecule has 0 aromatic heterocycles. The molecule has 0 spiro atoms. The summed E-state index contributed by atoms with van der Waals surface area (Å²) in [5.41, 5.74) is 3.27. The van der Waals surface area contributed by atoms with Crippen molar-refractivity contribution in [2.45, 2.75) is 85.1 Å². The Bertz CT molecular complexity index is 807. The summed E-state index contributed by atoms with van der Waals surface area (Å²) in [4.78, 5) is 13.3. The van der Waals surface area contributed by atoms with Gasteiger partial charge in [0.15, 0.2) is 0 Å². The predicted octanol–water partition coefficient (Wildman–Crippen LogP) is 7.08. The fourth-order valence-corrected chi connectivity index (χ4v) is 6.29. The molecule has 1 aromatic carbocycles. The lowest BCUT2D eigenvalue weighted by Crippen LogP contribution is -2.47. The van der Waals surface area contributed by atoms with Crippen LogP contribution in [0.1, 0.15) is 84.6 Å². The van der Waals surface area contributed by atoms with Crippen LogP contribution in [-0.2, 0) is 0 Å². The maximum atomic E-state index is 13.3. The molecule has 2 amide bonds. The molecule has 0 unspecified atom stereocenters. The SMILES string of the molecule is CC1(C)CC(N2N=C(C3CCCCC3)c3ccc(Cl)cc3NC2=O)CC(C)(C)C1. The quantitative estimate of drug-likeness (QED) is 0.551. The number of nitrogens with one attached hydrogen (secondary N) is 1. The number of hydrogen-bond acceptors (Lipinski definition) is 2. The second-order valence-electron chi connectivity index (χ2n) is 10.9. The second kappa shape index (κ2) is 7.61. The summed E-state index contributed by atoms with van der Waals surface area (Å²) in [5.74, 6) is 0.406. The molecule has 1 aromatic rings. The Labute approximate surface area is 180 Å². The lowest BCUT2D eigenvalue weighted by molar-refractivity contribution is 0.0432. The molecular weight excluding hydrogens is 382 g/mol. The van der Waals surface area contributed by atoms with Gasteiger partial charge >= 0.3 is 6.03 Å². The van der Waals surface area contributed by atoms with Crippen LogP contribution in [0.2, 0.25) is 5.02 Å². The van der Waals surface area contributed by atoms with Crippen molar-refractivity contribution in [2.75, 3.05) is 5.32 Å². The van der Waals surface area contributed by atoms with E-state index in [4.69, 9.17) is 16.7 Å². The van der Waals surface area contributed by atoms with E-state index in [1.807, 2.05) is 18.2 Å². The summed E-state index contributed by atoms with van der Waals surface area (Å²) in [6, 6.07) is 5.79. The van der Waals surface area contributed by atoms with Gasteiger partial charge in [0.2, 0.25) is 0 Å². The third kappa shape index (κ3) is 4.47. The van der Waals surface area contributed by atoms with Crippen molar-refractivity contribution < 1.29 is 4.79 Å². The smallest absolute Gasteiger partial charge is 0.306 e. The minimum absolute atomic E-state index is 0.108. The number of fused-ring (bicyclic) bond motifs is 1. The van der Waals surface area contributed by atoms with E-state index in [1.54, 1.807) is 5.01 Å². The molecular formula is C24H34ClN3O. The Balaban J connectivity index is 1.75. The molecule has 2 aliphatic carbocycles. The van der Waals surface area contributed by atoms with Gasteiger partial charge in [0.05, 0.1) is 17.4 Å². The number of hydrazone groups is 1. The Morgan fingerprint density at radius 1 is 1.07 bits per heavy atom. The predicted molar refractivity (Wildman–Crippen MR) is 121 cm³/mol. The normalized spacial score (nSPS) is 25.1. The topological polar surface area (TPSA) is 44.7 Å². The van der Waals surface area contributed by atoms with Gasteiger partial charge in [-0.25, -0.2) is 9.80 Å². The fraction of sp³-hybridized carbons (Fsp3) is 0.667. The van der Waals surface area contributed by atoms with Crippen molar-refractivity contribution in [1.82, 2.24) is 5.01 Å². The van der Waals surface area contributed by atoms with E-state index in [-0.39, 0.29) is 22.9 Å². The highest BCUT2D eigenvalue weighted by atomic mass is 35.5. The number of hydrogen-bond donors (Lipinski definition) is 1. The number of urea groups is 1. The number of amides is 2. The van der Waals surface area contributed by atoms with Crippen LogP contribution in [0.3, 0.4) is 0 Å². The van der Waals surface area contributed by atoms with E-state index in [1.165, 1.54) is 25.7 Å². The fourth-order valence-electron chi connectivity index (χ4n) is 6.12. The van der Waals surface area contributed by atoms with Gasteiger partial charge in [0.1, 0.15) is 0 Å². The van der Waals surface area contributed by atoms with Gasteiger partial charge in [-0.1, -0.05) is 58.6 Å². The molecule has 3 aliphatic rings. The van der Waals surface area contributed by atoms with Crippen molar-refractivity contribution in [2.24, 2.45) is 21.8 Å². The zero-order valence-corrected chi connectivity index (χ0v) is 19.0. The number of benzene rings is 1. The van der Waals surface area contributed by atoms with Gasteiger partial charge in [-0.15, -0.1) is 0 Å². The van der Waals surface area contributed by atoms with Crippen LogP contribution >= 0.6 is 11.6 Å². The van der Waals surface area contributed by atoms with Gasteiger partial charge in [0, 0.05) is 16.5 Å². The average Bonchev–Trinajstić information content (AvgIpc) is 2.75. The minimum Gasteiger partial charge on any atom is -0.306 e. The van der Waals surface area contributed by atoms with Crippen molar-refractivity contribution >= 4 is 29.0 Å². The highest BCUT2D eigenvalue weighted by Gasteiger charge is 2.43. The first-order chi connectivity index (χ1) is 13.6. The van der Waals surface area contributed by atoms with Crippen molar-refractivity contribution in [3.63, 3.8) is 0 Å². The highest BCUT2D eigenvalue weighted by molar-refractivity contribution is 6.31. The molecule has 2 fully saturated rings. The Morgan fingerprint density at radius 3 is 2.38 bits per heavy atom. The molecule has 1 N–H and O–H groups in total. The molecule has 0 saturated heterocycles. The van der Waals surface area contributed by atoms with Crippen LogP contribution in [0.4, 0.5) is 10.5 Å².